The zero-order valence-corrected chi connectivity index (χ0v) is 7.69. The van der Waals surface area contributed by atoms with Crippen molar-refractivity contribution in [3.63, 3.8) is 0 Å². The van der Waals surface area contributed by atoms with Gasteiger partial charge in [0.15, 0.2) is 0 Å². The van der Waals surface area contributed by atoms with Gasteiger partial charge in [-0.25, -0.2) is 4.79 Å². The van der Waals surface area contributed by atoms with Crippen LogP contribution in [0, 0.1) is 0 Å². The zero-order chi connectivity index (χ0) is 10.6. The minimum Gasteiger partial charge on any atom is -0.480 e. The van der Waals surface area contributed by atoms with Crippen molar-refractivity contribution < 1.29 is 19.8 Å². The van der Waals surface area contributed by atoms with Crippen molar-refractivity contribution in [3.8, 4) is 0 Å². The van der Waals surface area contributed by atoms with E-state index in [1.807, 2.05) is 0 Å². The Hall–Kier alpha value is -1.14. The highest BCUT2D eigenvalue weighted by atomic mass is 16.4. The number of carboxylic acids is 1. The minimum atomic E-state index is -1.22. The zero-order valence-electron chi connectivity index (χ0n) is 7.69. The maximum absolute atomic E-state index is 11.4. The summed E-state index contributed by atoms with van der Waals surface area (Å²) in [5.41, 5.74) is 0. The van der Waals surface area contributed by atoms with Crippen molar-refractivity contribution in [2.24, 2.45) is 0 Å². The predicted molar refractivity (Wildman–Crippen MR) is 47.7 cm³/mol. The van der Waals surface area contributed by atoms with Crippen LogP contribution in [0.3, 0.4) is 0 Å². The largest absolute Gasteiger partial charge is 0.480 e. The summed E-state index contributed by atoms with van der Waals surface area (Å²) in [6, 6.07) is -1.52. The molecule has 1 saturated heterocycles. The number of aliphatic hydroxyl groups excluding tert-OH is 1. The van der Waals surface area contributed by atoms with Crippen molar-refractivity contribution >= 4 is 11.9 Å². The lowest BCUT2D eigenvalue weighted by Crippen LogP contribution is -2.49. The summed E-state index contributed by atoms with van der Waals surface area (Å²) in [7, 11) is 0. The molecule has 2 atom stereocenters. The van der Waals surface area contributed by atoms with Gasteiger partial charge >= 0.3 is 5.97 Å². The summed E-state index contributed by atoms with van der Waals surface area (Å²) in [4.78, 5) is 21.9. The van der Waals surface area contributed by atoms with E-state index in [0.29, 0.717) is 6.42 Å². The lowest BCUT2D eigenvalue weighted by molar-refractivity contribution is -0.143. The number of hydrogen-bond donors (Lipinski definition) is 4. The Balaban J connectivity index is 2.41. The Kier molecular flexibility index (Phi) is 3.84. The fourth-order valence-electron chi connectivity index (χ4n) is 1.37. The van der Waals surface area contributed by atoms with Gasteiger partial charge in [0, 0.05) is 0 Å². The maximum atomic E-state index is 11.4. The summed E-state index contributed by atoms with van der Waals surface area (Å²) in [5.74, 6) is -1.58. The number of aliphatic carboxylic acids is 1. The van der Waals surface area contributed by atoms with E-state index in [1.54, 1.807) is 0 Å². The molecule has 1 rings (SSSR count). The molecule has 6 nitrogen and oxygen atoms in total. The normalized spacial score (nSPS) is 23.1. The average molecular weight is 202 g/mol. The van der Waals surface area contributed by atoms with Gasteiger partial charge in [-0.15, -0.1) is 0 Å². The molecule has 6 heteroatoms. The van der Waals surface area contributed by atoms with E-state index in [9.17, 15) is 9.59 Å². The van der Waals surface area contributed by atoms with Gasteiger partial charge in [-0.05, 0) is 19.4 Å². The van der Waals surface area contributed by atoms with Gasteiger partial charge in [0.2, 0.25) is 5.91 Å². The third-order valence-electron chi connectivity index (χ3n) is 2.17. The highest BCUT2D eigenvalue weighted by Gasteiger charge is 2.26. The van der Waals surface area contributed by atoms with Crippen molar-refractivity contribution in [3.05, 3.63) is 0 Å². The van der Waals surface area contributed by atoms with Crippen molar-refractivity contribution in [1.29, 1.82) is 0 Å². The summed E-state index contributed by atoms with van der Waals surface area (Å²) >= 11 is 0. The number of nitrogens with one attached hydrogen (secondary N) is 2. The monoisotopic (exact) mass is 202 g/mol. The molecule has 1 aliphatic heterocycles. The molecule has 80 valence electrons. The van der Waals surface area contributed by atoms with Gasteiger partial charge in [-0.2, -0.15) is 0 Å². The van der Waals surface area contributed by atoms with E-state index in [1.165, 1.54) is 0 Å². The van der Waals surface area contributed by atoms with Gasteiger partial charge in [0.1, 0.15) is 6.04 Å². The second kappa shape index (κ2) is 4.92. The van der Waals surface area contributed by atoms with E-state index in [0.717, 1.165) is 13.0 Å². The van der Waals surface area contributed by atoms with E-state index >= 15 is 0 Å². The molecule has 0 saturated carbocycles. The van der Waals surface area contributed by atoms with Crippen molar-refractivity contribution in [2.75, 3.05) is 13.2 Å². The second-order valence-electron chi connectivity index (χ2n) is 3.23. The molecule has 0 aliphatic carbocycles. The molecule has 1 aliphatic rings. The number of carbonyl (C=O) groups is 2. The first-order chi connectivity index (χ1) is 6.65. The fraction of sp³-hybridized carbons (Fsp3) is 0.750. The summed E-state index contributed by atoms with van der Waals surface area (Å²) in [5, 5.41) is 22.4. The number of hydrogen-bond acceptors (Lipinski definition) is 4. The SMILES string of the molecule is O=C(O)C(CO)NC(=O)[C@H]1CCCN1. The van der Waals surface area contributed by atoms with Crippen molar-refractivity contribution in [2.45, 2.75) is 24.9 Å². The van der Waals surface area contributed by atoms with E-state index in [4.69, 9.17) is 10.2 Å². The Morgan fingerprint density at radius 3 is 2.71 bits per heavy atom. The number of amides is 1. The molecule has 0 aromatic heterocycles. The smallest absolute Gasteiger partial charge is 0.328 e. The molecule has 0 aromatic rings. The Morgan fingerprint density at radius 2 is 2.29 bits per heavy atom. The quantitative estimate of drug-likeness (QED) is 0.435. The van der Waals surface area contributed by atoms with Gasteiger partial charge in [-0.1, -0.05) is 0 Å². The first-order valence-corrected chi connectivity index (χ1v) is 4.52. The van der Waals surface area contributed by atoms with Gasteiger partial charge in [0.25, 0.3) is 0 Å². The van der Waals surface area contributed by atoms with Gasteiger partial charge in [-0.3, -0.25) is 4.79 Å². The van der Waals surface area contributed by atoms with Crippen LogP contribution in [0.25, 0.3) is 0 Å². The summed E-state index contributed by atoms with van der Waals surface area (Å²) in [6.07, 6.45) is 1.62. The third kappa shape index (κ3) is 2.68. The highest BCUT2D eigenvalue weighted by Crippen LogP contribution is 2.04. The molecule has 4 N–H and O–H groups in total. The fourth-order valence-corrected chi connectivity index (χ4v) is 1.37. The van der Waals surface area contributed by atoms with Crippen molar-refractivity contribution in [1.82, 2.24) is 10.6 Å². The van der Waals surface area contributed by atoms with Crippen LogP contribution in [0.1, 0.15) is 12.8 Å². The highest BCUT2D eigenvalue weighted by molar-refractivity contribution is 5.87. The lowest BCUT2D eigenvalue weighted by atomic mass is 10.2. The van der Waals surface area contributed by atoms with Crippen LogP contribution in [0.2, 0.25) is 0 Å². The number of aliphatic hydroxyl groups is 1. The second-order valence-corrected chi connectivity index (χ2v) is 3.23. The Labute approximate surface area is 81.3 Å². The summed E-state index contributed by atoms with van der Waals surface area (Å²) < 4.78 is 0. The van der Waals surface area contributed by atoms with Crippen LogP contribution in [0.4, 0.5) is 0 Å². The molecule has 1 fully saturated rings. The van der Waals surface area contributed by atoms with Crippen LogP contribution >= 0.6 is 0 Å². The summed E-state index contributed by atoms with van der Waals surface area (Å²) in [6.45, 7) is 0.183. The Morgan fingerprint density at radius 1 is 1.57 bits per heavy atom. The third-order valence-corrected chi connectivity index (χ3v) is 2.17. The van der Waals surface area contributed by atoms with Crippen LogP contribution in [-0.4, -0.2) is 47.3 Å². The van der Waals surface area contributed by atoms with Gasteiger partial charge in [0.05, 0.1) is 12.6 Å². The molecule has 1 heterocycles. The van der Waals surface area contributed by atoms with E-state index in [2.05, 4.69) is 10.6 Å². The number of carbonyl (C=O) groups excluding carboxylic acids is 1. The van der Waals surface area contributed by atoms with Crippen LogP contribution in [0.15, 0.2) is 0 Å². The molecule has 14 heavy (non-hydrogen) atoms. The molecular weight excluding hydrogens is 188 g/mol. The standard InChI is InChI=1S/C8H14N2O4/c11-4-6(8(13)14)10-7(12)5-2-1-3-9-5/h5-6,9,11H,1-4H2,(H,10,12)(H,13,14)/t5-,6?/m1/s1. The molecule has 0 spiro atoms. The average Bonchev–Trinajstić information content (AvgIpc) is 2.65. The minimum absolute atomic E-state index is 0.316. The van der Waals surface area contributed by atoms with Crippen LogP contribution in [-0.2, 0) is 9.59 Å². The molecule has 0 radical (unpaired) electrons. The lowest BCUT2D eigenvalue weighted by Gasteiger charge is -2.15. The van der Waals surface area contributed by atoms with Crippen LogP contribution < -0.4 is 10.6 Å². The molecule has 0 aromatic carbocycles. The van der Waals surface area contributed by atoms with Crippen LogP contribution in [0.5, 0.6) is 0 Å². The number of rotatable bonds is 4. The van der Waals surface area contributed by atoms with E-state index in [-0.39, 0.29) is 11.9 Å². The van der Waals surface area contributed by atoms with Gasteiger partial charge < -0.3 is 20.8 Å². The molecule has 1 unspecified atom stereocenters. The Bertz CT molecular complexity index is 225. The van der Waals surface area contributed by atoms with E-state index < -0.39 is 18.6 Å². The first-order valence-electron chi connectivity index (χ1n) is 4.52. The predicted octanol–water partition coefficient (Wildman–Crippen LogP) is -1.70. The molecule has 0 bridgehead atoms. The molecule has 1 amide bonds. The maximum Gasteiger partial charge on any atom is 0.328 e. The topological polar surface area (TPSA) is 98.7 Å². The number of carboxylic acid groups (broad SMARTS) is 1. The molecular formula is C8H14N2O4. The first kappa shape index (κ1) is 10.9.